The van der Waals surface area contributed by atoms with E-state index in [4.69, 9.17) is 0 Å². The summed E-state index contributed by atoms with van der Waals surface area (Å²) in [5.41, 5.74) is 0. The van der Waals surface area contributed by atoms with Crippen molar-refractivity contribution in [3.05, 3.63) is 0 Å². The Bertz CT molecular complexity index is 414. The van der Waals surface area contributed by atoms with Crippen molar-refractivity contribution in [2.75, 3.05) is 0 Å². The number of hydrogen-bond donors (Lipinski definition) is 0. The number of fused-ring (bicyclic) bond motifs is 3. The number of hydrogen-bond acceptors (Lipinski definition) is 0. The maximum atomic E-state index is 2.48. The molecule has 172 valence electrons. The van der Waals surface area contributed by atoms with Crippen LogP contribution in [0.3, 0.4) is 0 Å². The fourth-order valence-corrected chi connectivity index (χ4v) is 7.78. The second-order valence-electron chi connectivity index (χ2n) is 12.7. The maximum absolute atomic E-state index is 2.48. The third-order valence-electron chi connectivity index (χ3n) is 11.9. The Balaban J connectivity index is 0.000000160. The van der Waals surface area contributed by atoms with Crippen molar-refractivity contribution in [1.29, 1.82) is 0 Å². The molecular weight excluding hydrogens is 348 g/mol. The van der Waals surface area contributed by atoms with Crippen LogP contribution in [0.5, 0.6) is 0 Å². The van der Waals surface area contributed by atoms with E-state index >= 15 is 0 Å². The Morgan fingerprint density at radius 3 is 0.724 bits per heavy atom. The van der Waals surface area contributed by atoms with Crippen molar-refractivity contribution >= 4 is 0 Å². The van der Waals surface area contributed by atoms with Gasteiger partial charge in [-0.3, -0.25) is 0 Å². The SMILES string of the molecule is CC1C(C)C(C)C1C.CC1C(C)C2CCC1C(C)C2C.CC1CC(C)C(C)C1C. The van der Waals surface area contributed by atoms with Crippen LogP contribution in [0.2, 0.25) is 0 Å². The molecule has 5 fully saturated rings. The van der Waals surface area contributed by atoms with Crippen molar-refractivity contribution in [2.45, 2.75) is 102 Å². The van der Waals surface area contributed by atoms with Crippen molar-refractivity contribution < 1.29 is 0 Å². The van der Waals surface area contributed by atoms with Gasteiger partial charge in [-0.05, 0) is 102 Å². The van der Waals surface area contributed by atoms with Crippen LogP contribution in [-0.2, 0) is 0 Å². The van der Waals surface area contributed by atoms with Crippen molar-refractivity contribution in [3.8, 4) is 0 Å². The van der Waals surface area contributed by atoms with Gasteiger partial charge in [0.2, 0.25) is 0 Å². The highest BCUT2D eigenvalue weighted by Crippen LogP contribution is 2.54. The Labute approximate surface area is 185 Å². The lowest BCUT2D eigenvalue weighted by atomic mass is 9.52. The Morgan fingerprint density at radius 2 is 0.552 bits per heavy atom. The van der Waals surface area contributed by atoms with Crippen LogP contribution in [0.1, 0.15) is 102 Å². The van der Waals surface area contributed by atoms with Crippen molar-refractivity contribution in [1.82, 2.24) is 0 Å². The van der Waals surface area contributed by atoms with E-state index in [-0.39, 0.29) is 0 Å². The lowest BCUT2D eigenvalue weighted by molar-refractivity contribution is -0.0466. The molecule has 5 saturated carbocycles. The lowest BCUT2D eigenvalue weighted by Crippen LogP contribution is -2.47. The zero-order chi connectivity index (χ0) is 22.2. The molecule has 0 aliphatic heterocycles. The molecule has 0 spiro atoms. The molecule has 8 unspecified atom stereocenters. The second kappa shape index (κ2) is 10.1. The summed E-state index contributed by atoms with van der Waals surface area (Å²) in [5.74, 6) is 13.8. The van der Waals surface area contributed by atoms with E-state index in [1.165, 1.54) is 19.3 Å². The topological polar surface area (TPSA) is 0 Å². The fourth-order valence-electron chi connectivity index (χ4n) is 7.78. The molecule has 8 atom stereocenters. The normalized spacial score (nSPS) is 55.9. The average molecular weight is 405 g/mol. The minimum absolute atomic E-state index is 0.958. The molecule has 0 aromatic heterocycles. The van der Waals surface area contributed by atoms with Crippen LogP contribution in [-0.4, -0.2) is 0 Å². The molecule has 0 aromatic rings. The van der Waals surface area contributed by atoms with Crippen LogP contribution in [0.15, 0.2) is 0 Å². The quantitative estimate of drug-likeness (QED) is 0.377. The third kappa shape index (κ3) is 5.09. The zero-order valence-corrected chi connectivity index (χ0v) is 22.2. The van der Waals surface area contributed by atoms with Gasteiger partial charge in [-0.1, -0.05) is 83.1 Å². The summed E-state index contributed by atoms with van der Waals surface area (Å²) in [6, 6.07) is 0. The molecule has 0 nitrogen and oxygen atoms in total. The Kier molecular flexibility index (Phi) is 8.78. The van der Waals surface area contributed by atoms with Gasteiger partial charge in [0.05, 0.1) is 0 Å². The van der Waals surface area contributed by atoms with Gasteiger partial charge >= 0.3 is 0 Å². The van der Waals surface area contributed by atoms with Gasteiger partial charge < -0.3 is 0 Å². The van der Waals surface area contributed by atoms with Gasteiger partial charge in [-0.2, -0.15) is 0 Å². The van der Waals surface area contributed by atoms with E-state index in [0.717, 1.165) is 82.9 Å². The lowest BCUT2D eigenvalue weighted by Gasteiger charge is -2.53. The molecule has 0 heteroatoms. The van der Waals surface area contributed by atoms with E-state index in [1.54, 1.807) is 0 Å². The summed E-state index contributed by atoms with van der Waals surface area (Å²) in [5, 5.41) is 0. The average Bonchev–Trinajstić information content (AvgIpc) is 2.93. The first-order valence-electron chi connectivity index (χ1n) is 13.4. The van der Waals surface area contributed by atoms with E-state index in [1.807, 2.05) is 0 Å². The predicted octanol–water partition coefficient (Wildman–Crippen LogP) is 9.05. The first kappa shape index (κ1) is 25.3. The van der Waals surface area contributed by atoms with Gasteiger partial charge in [0.15, 0.2) is 0 Å². The Hall–Kier alpha value is 0. The van der Waals surface area contributed by atoms with Crippen LogP contribution >= 0.6 is 0 Å². The first-order chi connectivity index (χ1) is 13.4. The van der Waals surface area contributed by atoms with Crippen LogP contribution in [0.4, 0.5) is 0 Å². The van der Waals surface area contributed by atoms with Crippen LogP contribution < -0.4 is 0 Å². The molecular formula is C29H56. The maximum Gasteiger partial charge on any atom is -0.0357 e. The summed E-state index contributed by atoms with van der Waals surface area (Å²) in [6.45, 7) is 28.9. The molecule has 29 heavy (non-hydrogen) atoms. The van der Waals surface area contributed by atoms with Crippen molar-refractivity contribution in [3.63, 3.8) is 0 Å². The summed E-state index contributed by atoms with van der Waals surface area (Å²) in [4.78, 5) is 0. The molecule has 5 aliphatic carbocycles. The van der Waals surface area contributed by atoms with E-state index in [9.17, 15) is 0 Å². The summed E-state index contributed by atoms with van der Waals surface area (Å²) >= 11 is 0. The smallest absolute Gasteiger partial charge is 0.0357 e. The monoisotopic (exact) mass is 404 g/mol. The summed E-state index contributed by atoms with van der Waals surface area (Å²) in [7, 11) is 0. The highest BCUT2D eigenvalue weighted by atomic mass is 14.5. The van der Waals surface area contributed by atoms with Gasteiger partial charge in [-0.25, -0.2) is 0 Å². The molecule has 2 bridgehead atoms. The Morgan fingerprint density at radius 1 is 0.310 bits per heavy atom. The molecule has 0 N–H and O–H groups in total. The van der Waals surface area contributed by atoms with Crippen molar-refractivity contribution in [2.24, 2.45) is 82.9 Å². The molecule has 0 aromatic carbocycles. The third-order valence-corrected chi connectivity index (χ3v) is 11.9. The van der Waals surface area contributed by atoms with Crippen LogP contribution in [0.25, 0.3) is 0 Å². The molecule has 0 radical (unpaired) electrons. The minimum atomic E-state index is 0.958. The van der Waals surface area contributed by atoms with Crippen LogP contribution in [0, 0.1) is 82.9 Å². The van der Waals surface area contributed by atoms with Gasteiger partial charge in [0.1, 0.15) is 0 Å². The standard InChI is InChI=1S/C12H22.C9H18.C8H16/c1-7-8(2)12-6-5-11(7)9(3)10(12)4;1-6-5-7(2)9(4)8(6)3;1-5-6(2)8(4)7(5)3/h7-12H,5-6H2,1-4H3;6-9H,5H2,1-4H3;5-8H,1-4H3. The second-order valence-corrected chi connectivity index (χ2v) is 12.7. The summed E-state index contributed by atoms with van der Waals surface area (Å²) in [6.07, 6.45) is 4.48. The first-order valence-corrected chi connectivity index (χ1v) is 13.4. The highest BCUT2D eigenvalue weighted by Gasteiger charge is 2.46. The number of rotatable bonds is 0. The molecule has 0 saturated heterocycles. The largest absolute Gasteiger partial charge is 0.0622 e. The van der Waals surface area contributed by atoms with E-state index < -0.39 is 0 Å². The fraction of sp³-hybridized carbons (Fsp3) is 1.00. The summed E-state index contributed by atoms with van der Waals surface area (Å²) < 4.78 is 0. The predicted molar refractivity (Wildman–Crippen MR) is 131 cm³/mol. The molecule has 0 amide bonds. The van der Waals surface area contributed by atoms with Gasteiger partial charge in [0.25, 0.3) is 0 Å². The van der Waals surface area contributed by atoms with E-state index in [0.29, 0.717) is 0 Å². The zero-order valence-electron chi connectivity index (χ0n) is 22.2. The minimum Gasteiger partial charge on any atom is -0.0622 e. The van der Waals surface area contributed by atoms with Gasteiger partial charge in [-0.15, -0.1) is 0 Å². The molecule has 5 rings (SSSR count). The van der Waals surface area contributed by atoms with Gasteiger partial charge in [0, 0.05) is 0 Å². The molecule has 5 aliphatic rings. The molecule has 0 heterocycles. The highest BCUT2D eigenvalue weighted by molar-refractivity contribution is 4.95. The van der Waals surface area contributed by atoms with E-state index in [2.05, 4.69) is 83.1 Å².